The second-order valence-electron chi connectivity index (χ2n) is 16.7. The van der Waals surface area contributed by atoms with Gasteiger partial charge in [-0.3, -0.25) is 14.4 Å². The van der Waals surface area contributed by atoms with Crippen LogP contribution in [0.25, 0.3) is 0 Å². The largest absolute Gasteiger partial charge is 0.462 e. The third-order valence-electron chi connectivity index (χ3n) is 10.8. The Labute approximate surface area is 370 Å². The highest BCUT2D eigenvalue weighted by Gasteiger charge is 2.19. The molecule has 346 valence electrons. The second-order valence-corrected chi connectivity index (χ2v) is 16.7. The fraction of sp³-hybridized carbons (Fsp3) is 0.759. The van der Waals surface area contributed by atoms with Crippen LogP contribution >= 0.6 is 0 Å². The monoisotopic (exact) mass is 839 g/mol. The van der Waals surface area contributed by atoms with Crippen LogP contribution in [0, 0.1) is 0 Å². The summed E-state index contributed by atoms with van der Waals surface area (Å²) in [6.45, 7) is 6.49. The van der Waals surface area contributed by atoms with Crippen LogP contribution in [0.5, 0.6) is 0 Å². The fourth-order valence-electron chi connectivity index (χ4n) is 7.00. The smallest absolute Gasteiger partial charge is 0.306 e. The Morgan fingerprint density at radius 1 is 0.350 bits per heavy atom. The van der Waals surface area contributed by atoms with Gasteiger partial charge in [-0.2, -0.15) is 0 Å². The average Bonchev–Trinajstić information content (AvgIpc) is 3.24. The summed E-state index contributed by atoms with van der Waals surface area (Å²) in [7, 11) is 0. The number of carbonyl (C=O) groups is 3. The molecule has 0 saturated heterocycles. The van der Waals surface area contributed by atoms with Crippen molar-refractivity contribution in [2.75, 3.05) is 13.2 Å². The van der Waals surface area contributed by atoms with Gasteiger partial charge in [0.25, 0.3) is 0 Å². The van der Waals surface area contributed by atoms with E-state index in [1.54, 1.807) is 0 Å². The third kappa shape index (κ3) is 46.2. The first-order valence-corrected chi connectivity index (χ1v) is 25.3. The molecule has 0 fully saturated rings. The van der Waals surface area contributed by atoms with Gasteiger partial charge in [-0.05, 0) is 64.2 Å². The molecular weight excluding hydrogens is 745 g/mol. The van der Waals surface area contributed by atoms with Crippen molar-refractivity contribution in [1.82, 2.24) is 0 Å². The van der Waals surface area contributed by atoms with Crippen LogP contribution in [0.3, 0.4) is 0 Å². The Bertz CT molecular complexity index is 1100. The molecule has 0 heterocycles. The highest BCUT2D eigenvalue weighted by molar-refractivity contribution is 5.71. The number of unbranched alkanes of at least 4 members (excludes halogenated alkanes) is 24. The summed E-state index contributed by atoms with van der Waals surface area (Å²) in [4.78, 5) is 37.9. The van der Waals surface area contributed by atoms with E-state index in [1.807, 2.05) is 0 Å². The van der Waals surface area contributed by atoms with Gasteiger partial charge < -0.3 is 14.2 Å². The Kier molecular flexibility index (Phi) is 46.4. The molecule has 0 saturated carbocycles. The zero-order chi connectivity index (χ0) is 43.7. The van der Waals surface area contributed by atoms with Gasteiger partial charge in [0.05, 0.1) is 0 Å². The van der Waals surface area contributed by atoms with Crippen LogP contribution in [-0.4, -0.2) is 37.2 Å². The summed E-state index contributed by atoms with van der Waals surface area (Å²) >= 11 is 0. The Morgan fingerprint density at radius 2 is 0.650 bits per heavy atom. The van der Waals surface area contributed by atoms with Gasteiger partial charge in [-0.15, -0.1) is 0 Å². The van der Waals surface area contributed by atoms with Crippen molar-refractivity contribution < 1.29 is 28.6 Å². The zero-order valence-corrected chi connectivity index (χ0v) is 39.5. The van der Waals surface area contributed by atoms with Crippen molar-refractivity contribution in [2.45, 2.75) is 252 Å². The van der Waals surface area contributed by atoms with Crippen LogP contribution in [0.15, 0.2) is 60.8 Å². The van der Waals surface area contributed by atoms with Crippen LogP contribution in [0.1, 0.15) is 245 Å². The van der Waals surface area contributed by atoms with Crippen molar-refractivity contribution in [3.63, 3.8) is 0 Å². The summed E-state index contributed by atoms with van der Waals surface area (Å²) < 4.78 is 16.7. The number of carbonyl (C=O) groups excluding carboxylic acids is 3. The molecule has 0 aromatic heterocycles. The first-order valence-electron chi connectivity index (χ1n) is 25.3. The minimum absolute atomic E-state index is 0.0818. The van der Waals surface area contributed by atoms with Crippen LogP contribution in [0.4, 0.5) is 0 Å². The Hall–Kier alpha value is -2.89. The quantitative estimate of drug-likeness (QED) is 0.0263. The number of hydrogen-bond donors (Lipinski definition) is 0. The van der Waals surface area contributed by atoms with Crippen molar-refractivity contribution >= 4 is 17.9 Å². The van der Waals surface area contributed by atoms with E-state index < -0.39 is 6.10 Å². The highest BCUT2D eigenvalue weighted by Crippen LogP contribution is 2.15. The van der Waals surface area contributed by atoms with Crippen LogP contribution in [-0.2, 0) is 28.6 Å². The van der Waals surface area contributed by atoms with Gasteiger partial charge in [-0.25, -0.2) is 0 Å². The van der Waals surface area contributed by atoms with E-state index in [4.69, 9.17) is 14.2 Å². The van der Waals surface area contributed by atoms with Crippen molar-refractivity contribution in [3.8, 4) is 0 Å². The SMILES string of the molecule is CC/C=C\C/C=C\C/C=C\C/C=C\C/C=C\CCCCCC(=O)OC[C@H](COC(=O)CCCCCCCCCCCCC)OC(=O)CCCCCCCCCCCCCC. The predicted molar refractivity (Wildman–Crippen MR) is 256 cm³/mol. The lowest BCUT2D eigenvalue weighted by Crippen LogP contribution is -2.30. The van der Waals surface area contributed by atoms with Gasteiger partial charge in [0.2, 0.25) is 0 Å². The van der Waals surface area contributed by atoms with E-state index in [-0.39, 0.29) is 31.1 Å². The van der Waals surface area contributed by atoms with Crippen molar-refractivity contribution in [1.29, 1.82) is 0 Å². The van der Waals surface area contributed by atoms with Crippen LogP contribution in [0.2, 0.25) is 0 Å². The van der Waals surface area contributed by atoms with Gasteiger partial charge in [0.1, 0.15) is 13.2 Å². The average molecular weight is 839 g/mol. The van der Waals surface area contributed by atoms with E-state index in [1.165, 1.54) is 109 Å². The van der Waals surface area contributed by atoms with E-state index in [2.05, 4.69) is 81.5 Å². The maximum absolute atomic E-state index is 12.8. The van der Waals surface area contributed by atoms with Crippen molar-refractivity contribution in [3.05, 3.63) is 60.8 Å². The Morgan fingerprint density at radius 3 is 1.02 bits per heavy atom. The molecule has 0 aromatic carbocycles. The summed E-state index contributed by atoms with van der Waals surface area (Å²) in [5, 5.41) is 0. The molecule has 0 aliphatic carbocycles. The number of ether oxygens (including phenoxy) is 3. The first-order chi connectivity index (χ1) is 29.5. The van der Waals surface area contributed by atoms with Crippen LogP contribution < -0.4 is 0 Å². The molecule has 1 atom stereocenters. The molecule has 0 aliphatic heterocycles. The maximum Gasteiger partial charge on any atom is 0.306 e. The summed E-state index contributed by atoms with van der Waals surface area (Å²) in [6, 6.07) is 0. The minimum Gasteiger partial charge on any atom is -0.462 e. The van der Waals surface area contributed by atoms with Crippen molar-refractivity contribution in [2.24, 2.45) is 0 Å². The van der Waals surface area contributed by atoms with E-state index in [0.29, 0.717) is 19.3 Å². The van der Waals surface area contributed by atoms with Gasteiger partial charge in [0, 0.05) is 19.3 Å². The van der Waals surface area contributed by atoms with E-state index in [0.717, 1.165) is 96.3 Å². The number of allylic oxidation sites excluding steroid dienone is 10. The molecule has 0 aromatic rings. The number of rotatable bonds is 45. The fourth-order valence-corrected chi connectivity index (χ4v) is 7.00. The highest BCUT2D eigenvalue weighted by atomic mass is 16.6. The maximum atomic E-state index is 12.8. The minimum atomic E-state index is -0.782. The molecule has 0 rings (SSSR count). The third-order valence-corrected chi connectivity index (χ3v) is 10.8. The molecule has 0 amide bonds. The molecule has 6 heteroatoms. The van der Waals surface area contributed by atoms with E-state index >= 15 is 0 Å². The molecule has 6 nitrogen and oxygen atoms in total. The number of esters is 3. The molecule has 60 heavy (non-hydrogen) atoms. The van der Waals surface area contributed by atoms with Gasteiger partial charge in [0.15, 0.2) is 6.10 Å². The second kappa shape index (κ2) is 48.8. The van der Waals surface area contributed by atoms with E-state index in [9.17, 15) is 14.4 Å². The molecular formula is C54H94O6. The molecule has 0 N–H and O–H groups in total. The summed E-state index contributed by atoms with van der Waals surface area (Å²) in [5.41, 5.74) is 0. The number of hydrogen-bond acceptors (Lipinski definition) is 6. The lowest BCUT2D eigenvalue weighted by molar-refractivity contribution is -0.167. The standard InChI is InChI=1S/C54H94O6/c1-4-7-10-13-16-19-22-24-25-26-27-28-29-30-33-35-38-41-44-47-53(56)59-50-51(49-58-52(55)46-43-40-37-34-31-21-18-15-12-9-6-3)60-54(57)48-45-42-39-36-32-23-20-17-14-11-8-5-2/h7,10,16,19,24-25,27-28,30,33,51H,4-6,8-9,11-15,17-18,20-23,26,29,31-32,34-50H2,1-3H3/b10-7-,19-16-,25-24-,28-27-,33-30-/t51-/m0/s1. The topological polar surface area (TPSA) is 78.9 Å². The molecule has 0 aliphatic rings. The first kappa shape index (κ1) is 57.1. The van der Waals surface area contributed by atoms with Gasteiger partial charge >= 0.3 is 17.9 Å². The Balaban J connectivity index is 4.39. The lowest BCUT2D eigenvalue weighted by atomic mass is 10.0. The van der Waals surface area contributed by atoms with Gasteiger partial charge in [-0.1, -0.05) is 223 Å². The summed E-state index contributed by atoms with van der Waals surface area (Å²) in [5.74, 6) is -0.912. The lowest BCUT2D eigenvalue weighted by Gasteiger charge is -2.18. The zero-order valence-electron chi connectivity index (χ0n) is 39.5. The summed E-state index contributed by atoms with van der Waals surface area (Å²) in [6.07, 6.45) is 59.1. The molecule has 0 spiro atoms. The molecule has 0 radical (unpaired) electrons. The normalized spacial score (nSPS) is 12.5. The predicted octanol–water partition coefficient (Wildman–Crippen LogP) is 16.5. The molecule has 0 bridgehead atoms. The molecule has 0 unspecified atom stereocenters.